The van der Waals surface area contributed by atoms with Crippen LogP contribution in [0.3, 0.4) is 0 Å². The smallest absolute Gasteiger partial charge is 0.310 e. The monoisotopic (exact) mass is 258 g/mol. The maximum Gasteiger partial charge on any atom is 0.310 e. The zero-order valence-corrected chi connectivity index (χ0v) is 10.1. The number of hydrogen-bond acceptors (Lipinski definition) is 6. The summed E-state index contributed by atoms with van der Waals surface area (Å²) in [5, 5.41) is 17.2. The molecule has 0 amide bonds. The molecule has 0 heterocycles. The first kappa shape index (κ1) is 14.7. The van der Waals surface area contributed by atoms with Crippen molar-refractivity contribution in [2.45, 2.75) is 12.8 Å². The highest BCUT2D eigenvalue weighted by Gasteiger charge is 2.36. The zero-order valence-electron chi connectivity index (χ0n) is 10.1. The molecule has 18 heavy (non-hydrogen) atoms. The molecule has 2 unspecified atom stereocenters. The number of allylic oxidation sites excluding steroid dienone is 2. The highest BCUT2D eigenvalue weighted by Crippen LogP contribution is 2.27. The van der Waals surface area contributed by atoms with Crippen LogP contribution in [0, 0.1) is 11.8 Å². The number of rotatable bonds is 6. The lowest BCUT2D eigenvalue weighted by molar-refractivity contribution is -0.162. The Balaban J connectivity index is 2.59. The summed E-state index contributed by atoms with van der Waals surface area (Å²) in [6.45, 7) is -0.628. The van der Waals surface area contributed by atoms with E-state index in [4.69, 9.17) is 19.7 Å². The van der Waals surface area contributed by atoms with E-state index in [2.05, 4.69) is 0 Å². The summed E-state index contributed by atoms with van der Waals surface area (Å²) in [6, 6.07) is 0. The minimum absolute atomic E-state index is 0.0720. The minimum atomic E-state index is -0.576. The molecule has 0 bridgehead atoms. The van der Waals surface area contributed by atoms with Crippen molar-refractivity contribution in [1.82, 2.24) is 0 Å². The van der Waals surface area contributed by atoms with Gasteiger partial charge in [-0.05, 0) is 12.8 Å². The lowest BCUT2D eigenvalue weighted by atomic mass is 9.83. The first-order valence-electron chi connectivity index (χ1n) is 5.90. The van der Waals surface area contributed by atoms with Crippen molar-refractivity contribution in [2.24, 2.45) is 11.8 Å². The second-order valence-electron chi connectivity index (χ2n) is 3.94. The Morgan fingerprint density at radius 3 is 1.67 bits per heavy atom. The van der Waals surface area contributed by atoms with Crippen LogP contribution in [0.2, 0.25) is 0 Å². The molecular formula is C12H18O6. The molecule has 0 saturated carbocycles. The SMILES string of the molecule is O=C(OCCO)C1CC=CCC1C(=O)OCCO. The predicted molar refractivity (Wildman–Crippen MR) is 61.4 cm³/mol. The summed E-state index contributed by atoms with van der Waals surface area (Å²) < 4.78 is 9.67. The summed E-state index contributed by atoms with van der Waals surface area (Å²) in [5.41, 5.74) is 0. The molecule has 6 heteroatoms. The first-order chi connectivity index (χ1) is 8.70. The van der Waals surface area contributed by atoms with Crippen molar-refractivity contribution >= 4 is 11.9 Å². The summed E-state index contributed by atoms with van der Waals surface area (Å²) in [7, 11) is 0. The van der Waals surface area contributed by atoms with E-state index in [1.165, 1.54) is 0 Å². The lowest BCUT2D eigenvalue weighted by Crippen LogP contribution is -2.34. The molecule has 102 valence electrons. The number of carbonyl (C=O) groups excluding carboxylic acids is 2. The number of ether oxygens (including phenoxy) is 2. The Morgan fingerprint density at radius 1 is 0.944 bits per heavy atom. The Morgan fingerprint density at radius 2 is 1.33 bits per heavy atom. The molecule has 1 aliphatic rings. The van der Waals surface area contributed by atoms with Gasteiger partial charge in [0.2, 0.25) is 0 Å². The summed E-state index contributed by atoms with van der Waals surface area (Å²) in [6.07, 6.45) is 4.48. The van der Waals surface area contributed by atoms with Crippen LogP contribution >= 0.6 is 0 Å². The molecule has 0 aromatic heterocycles. The van der Waals surface area contributed by atoms with E-state index in [-0.39, 0.29) is 26.4 Å². The molecule has 0 spiro atoms. The van der Waals surface area contributed by atoms with E-state index in [9.17, 15) is 9.59 Å². The van der Waals surface area contributed by atoms with Crippen LogP contribution in [0.5, 0.6) is 0 Å². The second kappa shape index (κ2) is 7.84. The van der Waals surface area contributed by atoms with E-state index in [1.54, 1.807) is 0 Å². The largest absolute Gasteiger partial charge is 0.463 e. The van der Waals surface area contributed by atoms with Crippen molar-refractivity contribution in [3.8, 4) is 0 Å². The Hall–Kier alpha value is -1.40. The normalized spacial score (nSPS) is 22.6. The third-order valence-electron chi connectivity index (χ3n) is 2.71. The molecule has 0 aromatic rings. The third kappa shape index (κ3) is 4.12. The van der Waals surface area contributed by atoms with Crippen LogP contribution in [0.25, 0.3) is 0 Å². The van der Waals surface area contributed by atoms with Gasteiger partial charge in [0.25, 0.3) is 0 Å². The molecule has 2 atom stereocenters. The highest BCUT2D eigenvalue weighted by molar-refractivity contribution is 5.82. The van der Waals surface area contributed by atoms with Crippen molar-refractivity contribution in [3.05, 3.63) is 12.2 Å². The van der Waals surface area contributed by atoms with Gasteiger partial charge in [-0.3, -0.25) is 9.59 Å². The summed E-state index contributed by atoms with van der Waals surface area (Å²) in [4.78, 5) is 23.4. The van der Waals surface area contributed by atoms with Crippen LogP contribution in [0.4, 0.5) is 0 Å². The Bertz CT molecular complexity index is 282. The van der Waals surface area contributed by atoms with Crippen molar-refractivity contribution in [3.63, 3.8) is 0 Å². The molecule has 1 rings (SSSR count). The van der Waals surface area contributed by atoms with E-state index in [0.717, 1.165) is 0 Å². The molecule has 0 saturated heterocycles. The summed E-state index contributed by atoms with van der Waals surface area (Å²) in [5.74, 6) is -2.15. The van der Waals surface area contributed by atoms with Gasteiger partial charge in [0.15, 0.2) is 0 Å². The molecular weight excluding hydrogens is 240 g/mol. The topological polar surface area (TPSA) is 93.1 Å². The van der Waals surface area contributed by atoms with Crippen LogP contribution in [-0.2, 0) is 19.1 Å². The lowest BCUT2D eigenvalue weighted by Gasteiger charge is -2.25. The van der Waals surface area contributed by atoms with Gasteiger partial charge in [-0.2, -0.15) is 0 Å². The van der Waals surface area contributed by atoms with Crippen LogP contribution in [0.1, 0.15) is 12.8 Å². The Kier molecular flexibility index (Phi) is 6.38. The number of hydrogen-bond donors (Lipinski definition) is 2. The van der Waals surface area contributed by atoms with E-state index < -0.39 is 23.8 Å². The van der Waals surface area contributed by atoms with Gasteiger partial charge < -0.3 is 19.7 Å². The molecule has 0 radical (unpaired) electrons. The fourth-order valence-electron chi connectivity index (χ4n) is 1.84. The maximum atomic E-state index is 11.7. The fraction of sp³-hybridized carbons (Fsp3) is 0.667. The number of aliphatic hydroxyl groups excluding tert-OH is 2. The van der Waals surface area contributed by atoms with E-state index in [1.807, 2.05) is 12.2 Å². The van der Waals surface area contributed by atoms with E-state index >= 15 is 0 Å². The average molecular weight is 258 g/mol. The number of carbonyl (C=O) groups is 2. The van der Waals surface area contributed by atoms with Gasteiger partial charge in [0.1, 0.15) is 13.2 Å². The standard InChI is InChI=1S/C12H18O6/c13-5-7-17-11(15)9-3-1-2-4-10(9)12(16)18-8-6-14/h1-2,9-10,13-14H,3-8H2. The van der Waals surface area contributed by atoms with Gasteiger partial charge in [-0.1, -0.05) is 12.2 Å². The third-order valence-corrected chi connectivity index (χ3v) is 2.71. The first-order valence-corrected chi connectivity index (χ1v) is 5.90. The quantitative estimate of drug-likeness (QED) is 0.499. The number of esters is 2. The molecule has 0 fully saturated rings. The van der Waals surface area contributed by atoms with E-state index in [0.29, 0.717) is 12.8 Å². The molecule has 0 aromatic carbocycles. The molecule has 6 nitrogen and oxygen atoms in total. The average Bonchev–Trinajstić information content (AvgIpc) is 2.42. The van der Waals surface area contributed by atoms with Crippen LogP contribution < -0.4 is 0 Å². The van der Waals surface area contributed by atoms with Crippen LogP contribution in [-0.4, -0.2) is 48.6 Å². The zero-order chi connectivity index (χ0) is 13.4. The van der Waals surface area contributed by atoms with Gasteiger partial charge in [0.05, 0.1) is 25.0 Å². The van der Waals surface area contributed by atoms with Crippen molar-refractivity contribution in [1.29, 1.82) is 0 Å². The number of aliphatic hydroxyl groups is 2. The van der Waals surface area contributed by atoms with Gasteiger partial charge in [0, 0.05) is 0 Å². The fourth-order valence-corrected chi connectivity index (χ4v) is 1.84. The molecule has 0 aliphatic heterocycles. The minimum Gasteiger partial charge on any atom is -0.463 e. The van der Waals surface area contributed by atoms with Gasteiger partial charge in [-0.15, -0.1) is 0 Å². The second-order valence-corrected chi connectivity index (χ2v) is 3.94. The van der Waals surface area contributed by atoms with Crippen molar-refractivity contribution in [2.75, 3.05) is 26.4 Å². The Labute approximate surface area is 105 Å². The van der Waals surface area contributed by atoms with Crippen LogP contribution in [0.15, 0.2) is 12.2 Å². The maximum absolute atomic E-state index is 11.7. The van der Waals surface area contributed by atoms with Gasteiger partial charge >= 0.3 is 11.9 Å². The molecule has 2 N–H and O–H groups in total. The van der Waals surface area contributed by atoms with Gasteiger partial charge in [-0.25, -0.2) is 0 Å². The highest BCUT2D eigenvalue weighted by atomic mass is 16.5. The molecule has 1 aliphatic carbocycles. The van der Waals surface area contributed by atoms with Crippen molar-refractivity contribution < 1.29 is 29.3 Å². The predicted octanol–water partition coefficient (Wildman–Crippen LogP) is -0.360. The summed E-state index contributed by atoms with van der Waals surface area (Å²) >= 11 is 0.